The van der Waals surface area contributed by atoms with Crippen molar-refractivity contribution in [2.24, 2.45) is 0 Å². The number of hydrogen-bond donors (Lipinski definition) is 2. The molecule has 2 N–H and O–H groups in total. The number of anilines is 1. The van der Waals surface area contributed by atoms with Gasteiger partial charge in [0, 0.05) is 11.6 Å². The highest BCUT2D eigenvalue weighted by atomic mass is 35.5. The molecule has 7 heteroatoms. The van der Waals surface area contributed by atoms with Crippen LogP contribution in [-0.2, 0) is 9.53 Å². The lowest BCUT2D eigenvalue weighted by atomic mass is 10.3. The molecule has 5 nitrogen and oxygen atoms in total. The van der Waals surface area contributed by atoms with Gasteiger partial charge >= 0.3 is 12.0 Å². The molecule has 0 fully saturated rings. The average molecular weight is 303 g/mol. The van der Waals surface area contributed by atoms with Crippen LogP contribution in [0.4, 0.5) is 14.9 Å². The number of carbonyl (C=O) groups excluding carboxylic acids is 2. The largest absolute Gasteiger partial charge is 0.463 e. The molecule has 20 heavy (non-hydrogen) atoms. The minimum atomic E-state index is -0.633. The molecule has 1 aromatic rings. The predicted octanol–water partition coefficient (Wildman–Crippen LogP) is 2.94. The molecule has 1 rings (SSSR count). The number of halogens is 2. The lowest BCUT2D eigenvalue weighted by Gasteiger charge is -2.10. The zero-order valence-corrected chi connectivity index (χ0v) is 12.0. The lowest BCUT2D eigenvalue weighted by Crippen LogP contribution is -2.31. The number of ether oxygens (including phenoxy) is 1. The Balaban J connectivity index is 2.35. The van der Waals surface area contributed by atoms with E-state index in [2.05, 4.69) is 10.6 Å². The summed E-state index contributed by atoms with van der Waals surface area (Å²) in [6, 6.07) is 3.30. The molecule has 0 saturated carbocycles. The van der Waals surface area contributed by atoms with E-state index < -0.39 is 17.8 Å². The first-order valence-corrected chi connectivity index (χ1v) is 6.45. The molecule has 0 spiro atoms. The topological polar surface area (TPSA) is 67.4 Å². The smallest absolute Gasteiger partial charge is 0.319 e. The van der Waals surface area contributed by atoms with Crippen molar-refractivity contribution < 1.29 is 18.7 Å². The minimum absolute atomic E-state index is 0.0108. The first-order valence-electron chi connectivity index (χ1n) is 6.08. The van der Waals surface area contributed by atoms with Crippen molar-refractivity contribution >= 4 is 29.3 Å². The highest BCUT2D eigenvalue weighted by Crippen LogP contribution is 2.18. The van der Waals surface area contributed by atoms with Crippen molar-refractivity contribution in [3.8, 4) is 0 Å². The van der Waals surface area contributed by atoms with Crippen LogP contribution in [0.25, 0.3) is 0 Å². The summed E-state index contributed by atoms with van der Waals surface area (Å²) in [6.45, 7) is 3.58. The third-order valence-corrected chi connectivity index (χ3v) is 2.40. The number of nitrogens with one attached hydrogen (secondary N) is 2. The van der Waals surface area contributed by atoms with Gasteiger partial charge in [-0.2, -0.15) is 0 Å². The van der Waals surface area contributed by atoms with E-state index in [0.29, 0.717) is 0 Å². The summed E-state index contributed by atoms with van der Waals surface area (Å²) < 4.78 is 18.3. The van der Waals surface area contributed by atoms with Crippen LogP contribution >= 0.6 is 11.6 Å². The van der Waals surface area contributed by atoms with Crippen LogP contribution < -0.4 is 10.6 Å². The second-order valence-corrected chi connectivity index (χ2v) is 4.73. The number of urea groups is 1. The number of esters is 1. The Bertz CT molecular complexity index is 495. The molecule has 1 aromatic carbocycles. The fraction of sp³-hybridized carbons (Fsp3) is 0.385. The Hall–Kier alpha value is -1.82. The van der Waals surface area contributed by atoms with Crippen LogP contribution in [0, 0.1) is 5.82 Å². The normalized spacial score (nSPS) is 10.2. The van der Waals surface area contributed by atoms with Gasteiger partial charge in [-0.3, -0.25) is 4.79 Å². The van der Waals surface area contributed by atoms with Crippen LogP contribution in [0.2, 0.25) is 5.02 Å². The first kappa shape index (κ1) is 16.2. The maximum absolute atomic E-state index is 13.4. The molecular weight excluding hydrogens is 287 g/mol. The van der Waals surface area contributed by atoms with Gasteiger partial charge in [0.25, 0.3) is 0 Å². The number of amides is 2. The second kappa shape index (κ2) is 7.69. The molecule has 0 saturated heterocycles. The highest BCUT2D eigenvalue weighted by molar-refractivity contribution is 6.30. The van der Waals surface area contributed by atoms with Crippen molar-refractivity contribution in [2.45, 2.75) is 26.4 Å². The second-order valence-electron chi connectivity index (χ2n) is 4.29. The quantitative estimate of drug-likeness (QED) is 0.822. The predicted molar refractivity (Wildman–Crippen MR) is 74.3 cm³/mol. The molecule has 0 aromatic heterocycles. The van der Waals surface area contributed by atoms with Crippen LogP contribution in [0.5, 0.6) is 0 Å². The maximum Gasteiger partial charge on any atom is 0.319 e. The molecule has 0 atom stereocenters. The molecule has 0 unspecified atom stereocenters. The molecule has 0 heterocycles. The van der Waals surface area contributed by atoms with E-state index in [-0.39, 0.29) is 29.8 Å². The number of benzene rings is 1. The van der Waals surface area contributed by atoms with Gasteiger partial charge in [0.2, 0.25) is 0 Å². The number of hydrogen-bond acceptors (Lipinski definition) is 3. The van der Waals surface area contributed by atoms with E-state index in [1.807, 2.05) is 0 Å². The van der Waals surface area contributed by atoms with Crippen molar-refractivity contribution in [1.82, 2.24) is 5.32 Å². The number of rotatable bonds is 5. The average Bonchev–Trinajstić information content (AvgIpc) is 2.31. The van der Waals surface area contributed by atoms with Gasteiger partial charge in [-0.25, -0.2) is 9.18 Å². The molecule has 0 aliphatic heterocycles. The van der Waals surface area contributed by atoms with Crippen LogP contribution in [0.15, 0.2) is 18.2 Å². The fourth-order valence-corrected chi connectivity index (χ4v) is 1.52. The zero-order chi connectivity index (χ0) is 15.1. The van der Waals surface area contributed by atoms with Crippen molar-refractivity contribution in [3.63, 3.8) is 0 Å². The summed E-state index contributed by atoms with van der Waals surface area (Å²) in [6.07, 6.45) is -0.145. The summed E-state index contributed by atoms with van der Waals surface area (Å²) in [5.74, 6) is -1.04. The summed E-state index contributed by atoms with van der Waals surface area (Å²) in [4.78, 5) is 22.7. The SMILES string of the molecule is CC(C)OC(=O)CCNC(=O)Nc1ccc(Cl)cc1F. The fourth-order valence-electron chi connectivity index (χ4n) is 1.36. The monoisotopic (exact) mass is 302 g/mol. The Kier molecular flexibility index (Phi) is 6.24. The van der Waals surface area contributed by atoms with E-state index in [1.54, 1.807) is 13.8 Å². The van der Waals surface area contributed by atoms with Crippen LogP contribution in [-0.4, -0.2) is 24.6 Å². The molecule has 110 valence electrons. The third kappa shape index (κ3) is 5.88. The van der Waals surface area contributed by atoms with E-state index >= 15 is 0 Å². The van der Waals surface area contributed by atoms with E-state index in [1.165, 1.54) is 12.1 Å². The molecule has 0 aliphatic carbocycles. The minimum Gasteiger partial charge on any atom is -0.463 e. The highest BCUT2D eigenvalue weighted by Gasteiger charge is 2.09. The van der Waals surface area contributed by atoms with E-state index in [9.17, 15) is 14.0 Å². The van der Waals surface area contributed by atoms with Crippen molar-refractivity contribution in [3.05, 3.63) is 29.0 Å². The van der Waals surface area contributed by atoms with E-state index in [4.69, 9.17) is 16.3 Å². The van der Waals surface area contributed by atoms with Gasteiger partial charge in [0.05, 0.1) is 18.2 Å². The molecule has 0 aliphatic rings. The van der Waals surface area contributed by atoms with Crippen molar-refractivity contribution in [1.29, 1.82) is 0 Å². The van der Waals surface area contributed by atoms with Gasteiger partial charge in [-0.15, -0.1) is 0 Å². The maximum atomic E-state index is 13.4. The van der Waals surface area contributed by atoms with Gasteiger partial charge < -0.3 is 15.4 Å². The van der Waals surface area contributed by atoms with Gasteiger partial charge in [0.15, 0.2) is 0 Å². The number of carbonyl (C=O) groups is 2. The van der Waals surface area contributed by atoms with Gasteiger partial charge in [-0.05, 0) is 32.0 Å². The lowest BCUT2D eigenvalue weighted by molar-refractivity contribution is -0.147. The van der Waals surface area contributed by atoms with E-state index in [0.717, 1.165) is 6.07 Å². The van der Waals surface area contributed by atoms with Gasteiger partial charge in [0.1, 0.15) is 5.82 Å². The van der Waals surface area contributed by atoms with Crippen LogP contribution in [0.1, 0.15) is 20.3 Å². The standard InChI is InChI=1S/C13H16ClFN2O3/c1-8(2)20-12(18)5-6-16-13(19)17-11-4-3-9(14)7-10(11)15/h3-4,7-8H,5-6H2,1-2H3,(H2,16,17,19). The van der Waals surface area contributed by atoms with Crippen LogP contribution in [0.3, 0.4) is 0 Å². The molecule has 0 bridgehead atoms. The Morgan fingerprint density at radius 3 is 2.70 bits per heavy atom. The molecule has 2 amide bonds. The summed E-state index contributed by atoms with van der Waals surface area (Å²) in [5.41, 5.74) is 0.0108. The Morgan fingerprint density at radius 1 is 1.40 bits per heavy atom. The summed E-state index contributed by atoms with van der Waals surface area (Å²) >= 11 is 5.59. The summed E-state index contributed by atoms with van der Waals surface area (Å²) in [7, 11) is 0. The Labute approximate surface area is 121 Å². The van der Waals surface area contributed by atoms with Gasteiger partial charge in [-0.1, -0.05) is 11.6 Å². The Morgan fingerprint density at radius 2 is 2.10 bits per heavy atom. The molecular formula is C13H16ClFN2O3. The van der Waals surface area contributed by atoms with Crippen molar-refractivity contribution in [2.75, 3.05) is 11.9 Å². The zero-order valence-electron chi connectivity index (χ0n) is 11.2. The summed E-state index contributed by atoms with van der Waals surface area (Å²) in [5, 5.41) is 4.98. The first-order chi connectivity index (χ1) is 9.38. The molecule has 0 radical (unpaired) electrons. The third-order valence-electron chi connectivity index (χ3n) is 2.16.